The minimum absolute atomic E-state index is 0.0137. The Labute approximate surface area is 94.0 Å². The number of hydrogen-bond donors (Lipinski definition) is 1. The Hall–Kier alpha value is -0.570. The summed E-state index contributed by atoms with van der Waals surface area (Å²) in [5, 5.41) is 0. The maximum Gasteiger partial charge on any atom is 0.226 e. The second-order valence-corrected chi connectivity index (χ2v) is 4.19. The molecule has 1 amide bonds. The first-order chi connectivity index (χ1) is 7.10. The van der Waals surface area contributed by atoms with Crippen molar-refractivity contribution in [3.63, 3.8) is 0 Å². The van der Waals surface area contributed by atoms with Gasteiger partial charge in [-0.3, -0.25) is 4.79 Å². The summed E-state index contributed by atoms with van der Waals surface area (Å²) < 4.78 is 0. The number of carbonyl (C=O) groups is 1. The minimum atomic E-state index is 0.0137. The van der Waals surface area contributed by atoms with E-state index in [1.54, 1.807) is 0 Å². The molecule has 0 aliphatic rings. The molecule has 0 bridgehead atoms. The molecular weight excluding hydrogens is 188 g/mol. The van der Waals surface area contributed by atoms with Gasteiger partial charge in [0, 0.05) is 19.6 Å². The highest BCUT2D eigenvalue weighted by molar-refractivity contribution is 5.79. The predicted octanol–water partition coefficient (Wildman–Crippen LogP) is 1.87. The van der Waals surface area contributed by atoms with Crippen LogP contribution < -0.4 is 5.73 Å². The molecule has 0 heterocycles. The van der Waals surface area contributed by atoms with Gasteiger partial charge in [-0.1, -0.05) is 20.3 Å². The van der Waals surface area contributed by atoms with Crippen LogP contribution in [0.2, 0.25) is 0 Å². The molecule has 0 rings (SSSR count). The molecule has 0 aliphatic carbocycles. The second-order valence-electron chi connectivity index (χ2n) is 4.19. The third kappa shape index (κ3) is 4.65. The molecule has 90 valence electrons. The average molecular weight is 214 g/mol. The summed E-state index contributed by atoms with van der Waals surface area (Å²) in [5.74, 6) is 0.820. The second kappa shape index (κ2) is 7.69. The highest BCUT2D eigenvalue weighted by Gasteiger charge is 2.22. The van der Waals surface area contributed by atoms with Gasteiger partial charge in [0.1, 0.15) is 0 Å². The maximum atomic E-state index is 12.0. The number of carbonyl (C=O) groups excluding carboxylic acids is 1. The Morgan fingerprint density at radius 1 is 1.27 bits per heavy atom. The molecule has 0 saturated carbocycles. The van der Waals surface area contributed by atoms with Crippen molar-refractivity contribution in [2.45, 2.75) is 40.5 Å². The SMILES string of the molecule is CCC(C)CC(CN)C(=O)N(CC)CC. The van der Waals surface area contributed by atoms with Crippen molar-refractivity contribution in [2.75, 3.05) is 19.6 Å². The highest BCUT2D eigenvalue weighted by Crippen LogP contribution is 2.16. The number of nitrogens with two attached hydrogens (primary N) is 1. The van der Waals surface area contributed by atoms with Gasteiger partial charge in [0.15, 0.2) is 0 Å². The first-order valence-electron chi connectivity index (χ1n) is 6.09. The fourth-order valence-electron chi connectivity index (χ4n) is 1.74. The standard InChI is InChI=1S/C12H26N2O/c1-5-10(4)8-11(9-13)12(15)14(6-2)7-3/h10-11H,5-9,13H2,1-4H3. The zero-order chi connectivity index (χ0) is 11.8. The Bertz CT molecular complexity index is 178. The van der Waals surface area contributed by atoms with Gasteiger partial charge in [-0.05, 0) is 26.2 Å². The highest BCUT2D eigenvalue weighted by atomic mass is 16.2. The van der Waals surface area contributed by atoms with E-state index in [1.807, 2.05) is 18.7 Å². The van der Waals surface area contributed by atoms with Crippen molar-refractivity contribution in [3.8, 4) is 0 Å². The summed E-state index contributed by atoms with van der Waals surface area (Å²) >= 11 is 0. The van der Waals surface area contributed by atoms with Gasteiger partial charge < -0.3 is 10.6 Å². The quantitative estimate of drug-likeness (QED) is 0.703. The van der Waals surface area contributed by atoms with E-state index >= 15 is 0 Å². The lowest BCUT2D eigenvalue weighted by Gasteiger charge is -2.25. The Kier molecular flexibility index (Phi) is 7.39. The van der Waals surface area contributed by atoms with Crippen molar-refractivity contribution in [3.05, 3.63) is 0 Å². The third-order valence-corrected chi connectivity index (χ3v) is 3.09. The smallest absolute Gasteiger partial charge is 0.226 e. The summed E-state index contributed by atoms with van der Waals surface area (Å²) in [5.41, 5.74) is 5.68. The van der Waals surface area contributed by atoms with E-state index in [9.17, 15) is 4.79 Å². The molecule has 0 fully saturated rings. The molecule has 2 unspecified atom stereocenters. The Morgan fingerprint density at radius 3 is 2.13 bits per heavy atom. The Morgan fingerprint density at radius 2 is 1.80 bits per heavy atom. The summed E-state index contributed by atoms with van der Waals surface area (Å²) in [6.45, 7) is 10.4. The summed E-state index contributed by atoms with van der Waals surface area (Å²) in [7, 11) is 0. The van der Waals surface area contributed by atoms with Gasteiger partial charge in [0.05, 0.1) is 5.92 Å². The lowest BCUT2D eigenvalue weighted by Crippen LogP contribution is -2.39. The molecule has 0 radical (unpaired) electrons. The number of nitrogens with zero attached hydrogens (tertiary/aromatic N) is 1. The molecule has 2 N–H and O–H groups in total. The van der Waals surface area contributed by atoms with Crippen LogP contribution in [0, 0.1) is 11.8 Å². The lowest BCUT2D eigenvalue weighted by molar-refractivity contribution is -0.135. The molecule has 2 atom stereocenters. The molecule has 15 heavy (non-hydrogen) atoms. The molecule has 0 aromatic carbocycles. The van der Waals surface area contributed by atoms with E-state index in [1.165, 1.54) is 0 Å². The summed E-state index contributed by atoms with van der Waals surface area (Å²) in [6.07, 6.45) is 2.03. The van der Waals surface area contributed by atoms with E-state index in [2.05, 4.69) is 13.8 Å². The van der Waals surface area contributed by atoms with Crippen LogP contribution in [-0.4, -0.2) is 30.4 Å². The van der Waals surface area contributed by atoms with E-state index in [4.69, 9.17) is 5.73 Å². The molecule has 0 aromatic heterocycles. The van der Waals surface area contributed by atoms with Crippen molar-refractivity contribution in [1.29, 1.82) is 0 Å². The molecule has 3 nitrogen and oxygen atoms in total. The molecule has 0 aliphatic heterocycles. The van der Waals surface area contributed by atoms with Gasteiger partial charge in [-0.15, -0.1) is 0 Å². The van der Waals surface area contributed by atoms with Gasteiger partial charge in [0.2, 0.25) is 5.91 Å². The van der Waals surface area contributed by atoms with E-state index < -0.39 is 0 Å². The van der Waals surface area contributed by atoms with E-state index in [-0.39, 0.29) is 11.8 Å². The minimum Gasteiger partial charge on any atom is -0.343 e. The Balaban J connectivity index is 4.32. The van der Waals surface area contributed by atoms with Crippen LogP contribution in [0.15, 0.2) is 0 Å². The fraction of sp³-hybridized carbons (Fsp3) is 0.917. The van der Waals surface area contributed by atoms with Crippen molar-refractivity contribution < 1.29 is 4.79 Å². The average Bonchev–Trinajstić information content (AvgIpc) is 2.26. The topological polar surface area (TPSA) is 46.3 Å². The zero-order valence-corrected chi connectivity index (χ0v) is 10.6. The number of rotatable bonds is 7. The van der Waals surface area contributed by atoms with E-state index in [0.717, 1.165) is 25.9 Å². The van der Waals surface area contributed by atoms with Crippen molar-refractivity contribution >= 4 is 5.91 Å². The summed E-state index contributed by atoms with van der Waals surface area (Å²) in [4.78, 5) is 13.9. The first kappa shape index (κ1) is 14.4. The maximum absolute atomic E-state index is 12.0. The van der Waals surface area contributed by atoms with Gasteiger partial charge >= 0.3 is 0 Å². The van der Waals surface area contributed by atoms with Crippen molar-refractivity contribution in [1.82, 2.24) is 4.90 Å². The van der Waals surface area contributed by atoms with Crippen LogP contribution in [0.4, 0.5) is 0 Å². The monoisotopic (exact) mass is 214 g/mol. The van der Waals surface area contributed by atoms with Crippen LogP contribution in [-0.2, 0) is 4.79 Å². The van der Waals surface area contributed by atoms with Crippen molar-refractivity contribution in [2.24, 2.45) is 17.6 Å². The number of hydrogen-bond acceptors (Lipinski definition) is 2. The molecule has 3 heteroatoms. The normalized spacial score (nSPS) is 14.7. The fourth-order valence-corrected chi connectivity index (χ4v) is 1.74. The van der Waals surface area contributed by atoms with Gasteiger partial charge in [-0.2, -0.15) is 0 Å². The third-order valence-electron chi connectivity index (χ3n) is 3.09. The largest absolute Gasteiger partial charge is 0.343 e. The summed E-state index contributed by atoms with van der Waals surface area (Å²) in [6, 6.07) is 0. The first-order valence-corrected chi connectivity index (χ1v) is 6.09. The number of amides is 1. The zero-order valence-electron chi connectivity index (χ0n) is 10.6. The van der Waals surface area contributed by atoms with Crippen LogP contribution in [0.3, 0.4) is 0 Å². The van der Waals surface area contributed by atoms with Crippen LogP contribution in [0.25, 0.3) is 0 Å². The van der Waals surface area contributed by atoms with Crippen LogP contribution >= 0.6 is 0 Å². The van der Waals surface area contributed by atoms with Gasteiger partial charge in [0.25, 0.3) is 0 Å². The predicted molar refractivity (Wildman–Crippen MR) is 64.5 cm³/mol. The van der Waals surface area contributed by atoms with E-state index in [0.29, 0.717) is 12.5 Å². The van der Waals surface area contributed by atoms with Gasteiger partial charge in [-0.25, -0.2) is 0 Å². The molecule has 0 spiro atoms. The molecular formula is C12H26N2O. The molecule has 0 aromatic rings. The lowest BCUT2D eigenvalue weighted by atomic mass is 9.93. The molecule has 0 saturated heterocycles. The van der Waals surface area contributed by atoms with Crippen LogP contribution in [0.5, 0.6) is 0 Å². The van der Waals surface area contributed by atoms with Crippen LogP contribution in [0.1, 0.15) is 40.5 Å².